The SMILES string of the molecule is C1CCCN([SiH2]N2CCCCCC2)CC1. The van der Waals surface area contributed by atoms with Gasteiger partial charge < -0.3 is 9.13 Å². The highest BCUT2D eigenvalue weighted by Gasteiger charge is 2.15. The van der Waals surface area contributed by atoms with Gasteiger partial charge in [0.2, 0.25) is 0 Å². The molecule has 0 aliphatic carbocycles. The summed E-state index contributed by atoms with van der Waals surface area (Å²) >= 11 is 0. The lowest BCUT2D eigenvalue weighted by atomic mass is 10.2. The minimum atomic E-state index is -0.0580. The molecule has 2 nitrogen and oxygen atoms in total. The molecule has 0 radical (unpaired) electrons. The lowest BCUT2D eigenvalue weighted by Gasteiger charge is -2.28. The molecule has 2 rings (SSSR count). The van der Waals surface area contributed by atoms with E-state index in [0.29, 0.717) is 0 Å². The maximum Gasteiger partial charge on any atom is 0.173 e. The zero-order valence-corrected chi connectivity index (χ0v) is 11.5. The molecule has 2 aliphatic heterocycles. The van der Waals surface area contributed by atoms with E-state index in [2.05, 4.69) is 9.13 Å². The largest absolute Gasteiger partial charge is 0.317 e. The topological polar surface area (TPSA) is 6.48 Å². The molecule has 0 aromatic carbocycles. The van der Waals surface area contributed by atoms with Crippen molar-refractivity contribution in [3.63, 3.8) is 0 Å². The van der Waals surface area contributed by atoms with Crippen LogP contribution in [-0.4, -0.2) is 45.2 Å². The van der Waals surface area contributed by atoms with Crippen LogP contribution in [0.5, 0.6) is 0 Å². The molecule has 2 saturated heterocycles. The first-order chi connectivity index (χ1) is 7.45. The standard InChI is InChI=1S/C12H26N2Si/c1-2-6-10-13(9-5-1)15-14-11-7-3-4-8-12-14/h1-12,15H2. The molecule has 0 aromatic rings. The third-order valence-corrected chi connectivity index (χ3v) is 5.86. The maximum atomic E-state index is 2.82. The van der Waals surface area contributed by atoms with E-state index in [0.717, 1.165) is 0 Å². The fourth-order valence-corrected chi connectivity index (χ4v) is 4.86. The molecule has 0 saturated carbocycles. The monoisotopic (exact) mass is 226 g/mol. The third-order valence-electron chi connectivity index (χ3n) is 3.80. The van der Waals surface area contributed by atoms with Crippen molar-refractivity contribution in [1.82, 2.24) is 9.13 Å². The average Bonchev–Trinajstić information content (AvgIpc) is 2.63. The predicted octanol–water partition coefficient (Wildman–Crippen LogP) is 1.74. The van der Waals surface area contributed by atoms with Crippen LogP contribution < -0.4 is 0 Å². The Balaban J connectivity index is 1.73. The fourth-order valence-electron chi connectivity index (χ4n) is 2.84. The van der Waals surface area contributed by atoms with E-state index in [9.17, 15) is 0 Å². The summed E-state index contributed by atoms with van der Waals surface area (Å²) in [7, 11) is -0.0580. The molecule has 2 heterocycles. The minimum Gasteiger partial charge on any atom is -0.317 e. The van der Waals surface area contributed by atoms with Crippen LogP contribution in [0.15, 0.2) is 0 Å². The Morgan fingerprint density at radius 1 is 0.467 bits per heavy atom. The number of nitrogens with zero attached hydrogens (tertiary/aromatic N) is 2. The van der Waals surface area contributed by atoms with Gasteiger partial charge in [-0.15, -0.1) is 0 Å². The van der Waals surface area contributed by atoms with E-state index in [1.165, 1.54) is 77.5 Å². The first kappa shape index (κ1) is 11.6. The van der Waals surface area contributed by atoms with Gasteiger partial charge in [0.05, 0.1) is 0 Å². The third kappa shape index (κ3) is 4.25. The highest BCUT2D eigenvalue weighted by atomic mass is 28.2. The second kappa shape index (κ2) is 6.66. The first-order valence-electron chi connectivity index (χ1n) is 6.90. The van der Waals surface area contributed by atoms with Crippen LogP contribution >= 0.6 is 0 Å². The van der Waals surface area contributed by atoms with Crippen LogP contribution in [0.25, 0.3) is 0 Å². The Labute approximate surface area is 97.0 Å². The van der Waals surface area contributed by atoms with Gasteiger partial charge in [-0.25, -0.2) is 0 Å². The fraction of sp³-hybridized carbons (Fsp3) is 1.00. The Morgan fingerprint density at radius 3 is 1.13 bits per heavy atom. The Bertz CT molecular complexity index is 141. The average molecular weight is 226 g/mol. The number of hydrogen-bond acceptors (Lipinski definition) is 2. The van der Waals surface area contributed by atoms with E-state index in [1.807, 2.05) is 0 Å². The second-order valence-electron chi connectivity index (χ2n) is 5.21. The van der Waals surface area contributed by atoms with Crippen LogP contribution in [0.4, 0.5) is 0 Å². The molecule has 0 bridgehead atoms. The molecule has 0 N–H and O–H groups in total. The van der Waals surface area contributed by atoms with Gasteiger partial charge in [0.15, 0.2) is 9.84 Å². The first-order valence-corrected chi connectivity index (χ1v) is 8.16. The van der Waals surface area contributed by atoms with Crippen LogP contribution in [0.2, 0.25) is 0 Å². The van der Waals surface area contributed by atoms with Crippen molar-refractivity contribution < 1.29 is 0 Å². The summed E-state index contributed by atoms with van der Waals surface area (Å²) < 4.78 is 5.64. The van der Waals surface area contributed by atoms with Crippen molar-refractivity contribution in [2.24, 2.45) is 0 Å². The van der Waals surface area contributed by atoms with Crippen LogP contribution in [0.1, 0.15) is 51.4 Å². The molecule has 2 aliphatic rings. The molecule has 0 unspecified atom stereocenters. The zero-order chi connectivity index (χ0) is 10.3. The Morgan fingerprint density at radius 2 is 0.800 bits per heavy atom. The smallest absolute Gasteiger partial charge is 0.173 e. The van der Waals surface area contributed by atoms with Gasteiger partial charge in [-0.2, -0.15) is 0 Å². The lowest BCUT2D eigenvalue weighted by molar-refractivity contribution is 0.374. The van der Waals surface area contributed by atoms with Gasteiger partial charge in [-0.1, -0.05) is 25.7 Å². The lowest BCUT2D eigenvalue weighted by Crippen LogP contribution is -2.42. The highest BCUT2D eigenvalue weighted by molar-refractivity contribution is 6.28. The summed E-state index contributed by atoms with van der Waals surface area (Å²) in [4.78, 5) is 0. The van der Waals surface area contributed by atoms with Crippen molar-refractivity contribution in [3.05, 3.63) is 0 Å². The molecule has 0 aromatic heterocycles. The molecular formula is C12H26N2Si. The summed E-state index contributed by atoms with van der Waals surface area (Å²) in [6, 6.07) is 0. The van der Waals surface area contributed by atoms with Gasteiger partial charge in [0.25, 0.3) is 0 Å². The predicted molar refractivity (Wildman–Crippen MR) is 68.6 cm³/mol. The molecule has 3 heteroatoms. The van der Waals surface area contributed by atoms with Crippen molar-refractivity contribution in [2.75, 3.05) is 26.2 Å². The molecule has 0 amide bonds. The number of rotatable bonds is 2. The normalized spacial score (nSPS) is 27.2. The van der Waals surface area contributed by atoms with Gasteiger partial charge in [-0.3, -0.25) is 0 Å². The summed E-state index contributed by atoms with van der Waals surface area (Å²) in [5, 5.41) is 0. The summed E-state index contributed by atoms with van der Waals surface area (Å²) in [6.45, 7) is 5.62. The van der Waals surface area contributed by atoms with Gasteiger partial charge in [-0.05, 0) is 51.9 Å². The quantitative estimate of drug-likeness (QED) is 0.662. The van der Waals surface area contributed by atoms with E-state index < -0.39 is 0 Å². The minimum absolute atomic E-state index is 0.0580. The van der Waals surface area contributed by atoms with E-state index in [-0.39, 0.29) is 9.84 Å². The van der Waals surface area contributed by atoms with Gasteiger partial charge in [0.1, 0.15) is 0 Å². The zero-order valence-electron chi connectivity index (χ0n) is 10.1. The summed E-state index contributed by atoms with van der Waals surface area (Å²) in [5.41, 5.74) is 0. The maximum absolute atomic E-state index is 2.82. The van der Waals surface area contributed by atoms with Gasteiger partial charge in [0, 0.05) is 0 Å². The molecule has 2 fully saturated rings. The van der Waals surface area contributed by atoms with Gasteiger partial charge >= 0.3 is 0 Å². The van der Waals surface area contributed by atoms with Crippen LogP contribution in [0, 0.1) is 0 Å². The second-order valence-corrected chi connectivity index (χ2v) is 7.28. The van der Waals surface area contributed by atoms with Crippen molar-refractivity contribution in [1.29, 1.82) is 0 Å². The molecule has 0 spiro atoms. The Hall–Kier alpha value is 0.137. The van der Waals surface area contributed by atoms with Crippen molar-refractivity contribution in [3.8, 4) is 0 Å². The molecule has 88 valence electrons. The highest BCUT2D eigenvalue weighted by Crippen LogP contribution is 2.12. The molecule has 15 heavy (non-hydrogen) atoms. The van der Waals surface area contributed by atoms with E-state index >= 15 is 0 Å². The van der Waals surface area contributed by atoms with Crippen LogP contribution in [0.3, 0.4) is 0 Å². The Kier molecular flexibility index (Phi) is 5.16. The van der Waals surface area contributed by atoms with Crippen molar-refractivity contribution >= 4 is 9.84 Å². The molecule has 0 atom stereocenters. The number of hydrogen-bond donors (Lipinski definition) is 0. The molecular weight excluding hydrogens is 200 g/mol. The van der Waals surface area contributed by atoms with E-state index in [1.54, 1.807) is 0 Å². The van der Waals surface area contributed by atoms with Crippen molar-refractivity contribution in [2.45, 2.75) is 51.4 Å². The summed E-state index contributed by atoms with van der Waals surface area (Å²) in [5.74, 6) is 0. The van der Waals surface area contributed by atoms with Crippen LogP contribution in [-0.2, 0) is 0 Å². The summed E-state index contributed by atoms with van der Waals surface area (Å²) in [6.07, 6.45) is 11.7. The van der Waals surface area contributed by atoms with E-state index in [4.69, 9.17) is 0 Å².